The zero-order chi connectivity index (χ0) is 24.5. The Kier molecular flexibility index (Phi) is 6.57. The molecular formula is C27H27FN2O3S. The molecule has 1 unspecified atom stereocenters. The van der Waals surface area contributed by atoms with Crippen molar-refractivity contribution in [3.63, 3.8) is 0 Å². The van der Waals surface area contributed by atoms with Gasteiger partial charge in [-0.2, -0.15) is 0 Å². The molecule has 3 aromatic carbocycles. The van der Waals surface area contributed by atoms with E-state index in [9.17, 15) is 17.6 Å². The second-order valence-electron chi connectivity index (χ2n) is 8.56. The average Bonchev–Trinajstić information content (AvgIpc) is 3.19. The molecule has 1 N–H and O–H groups in total. The van der Waals surface area contributed by atoms with Crippen molar-refractivity contribution in [2.45, 2.75) is 30.7 Å². The van der Waals surface area contributed by atoms with Gasteiger partial charge in [-0.15, -0.1) is 0 Å². The molecule has 5 nitrogen and oxygen atoms in total. The number of hydrogen-bond acceptors (Lipinski definition) is 3. The highest BCUT2D eigenvalue weighted by Gasteiger charge is 2.20. The molecular weight excluding hydrogens is 451 g/mol. The van der Waals surface area contributed by atoms with Crippen LogP contribution in [0.2, 0.25) is 0 Å². The highest BCUT2D eigenvalue weighted by Crippen LogP contribution is 2.32. The van der Waals surface area contributed by atoms with E-state index in [0.717, 1.165) is 33.3 Å². The second kappa shape index (κ2) is 9.43. The molecule has 0 saturated carbocycles. The van der Waals surface area contributed by atoms with E-state index >= 15 is 0 Å². The van der Waals surface area contributed by atoms with Gasteiger partial charge in [0.2, 0.25) is 5.91 Å². The van der Waals surface area contributed by atoms with Crippen LogP contribution in [0.1, 0.15) is 30.5 Å². The van der Waals surface area contributed by atoms with E-state index in [4.69, 9.17) is 0 Å². The summed E-state index contributed by atoms with van der Waals surface area (Å²) in [5, 5.41) is 0.777. The normalized spacial score (nSPS) is 12.6. The van der Waals surface area contributed by atoms with Crippen LogP contribution in [0.4, 0.5) is 4.39 Å². The number of benzene rings is 3. The van der Waals surface area contributed by atoms with Crippen molar-refractivity contribution >= 4 is 26.6 Å². The molecule has 34 heavy (non-hydrogen) atoms. The quantitative estimate of drug-likeness (QED) is 0.380. The molecule has 0 aliphatic rings. The number of fused-ring (bicyclic) bond motifs is 1. The van der Waals surface area contributed by atoms with Gasteiger partial charge in [-0.25, -0.2) is 12.8 Å². The van der Waals surface area contributed by atoms with Gasteiger partial charge in [0.15, 0.2) is 9.84 Å². The van der Waals surface area contributed by atoms with Gasteiger partial charge in [0.25, 0.3) is 0 Å². The summed E-state index contributed by atoms with van der Waals surface area (Å²) in [4.78, 5) is 18.4. The van der Waals surface area contributed by atoms with Crippen molar-refractivity contribution in [2.75, 3.05) is 13.3 Å². The lowest BCUT2D eigenvalue weighted by molar-refractivity contribution is -0.131. The maximum Gasteiger partial charge on any atom is 0.223 e. The van der Waals surface area contributed by atoms with Crippen molar-refractivity contribution in [1.29, 1.82) is 0 Å². The molecule has 1 amide bonds. The molecule has 0 aliphatic carbocycles. The predicted octanol–water partition coefficient (Wildman–Crippen LogP) is 5.53. The number of sulfone groups is 1. The van der Waals surface area contributed by atoms with E-state index in [1.54, 1.807) is 42.3 Å². The maximum atomic E-state index is 14.0. The Morgan fingerprint density at radius 2 is 1.71 bits per heavy atom. The average molecular weight is 479 g/mol. The summed E-state index contributed by atoms with van der Waals surface area (Å²) in [5.74, 6) is -0.369. The minimum Gasteiger partial charge on any atom is -0.354 e. The fourth-order valence-electron chi connectivity index (χ4n) is 4.17. The number of aryl methyl sites for hydroxylation is 1. The Hall–Kier alpha value is -3.45. The van der Waals surface area contributed by atoms with Gasteiger partial charge in [0.1, 0.15) is 5.82 Å². The highest BCUT2D eigenvalue weighted by molar-refractivity contribution is 7.90. The summed E-state index contributed by atoms with van der Waals surface area (Å²) in [7, 11) is -1.53. The summed E-state index contributed by atoms with van der Waals surface area (Å²) in [6.45, 7) is 1.91. The Morgan fingerprint density at radius 3 is 2.35 bits per heavy atom. The summed E-state index contributed by atoms with van der Waals surface area (Å²) in [6.07, 6.45) is 1.88. The Bertz CT molecular complexity index is 1430. The molecule has 1 aromatic heterocycles. The van der Waals surface area contributed by atoms with E-state index in [-0.39, 0.29) is 29.1 Å². The summed E-state index contributed by atoms with van der Waals surface area (Å²) < 4.78 is 37.4. The number of hydrogen-bond donors (Lipinski definition) is 1. The topological polar surface area (TPSA) is 70.2 Å². The fraction of sp³-hybridized carbons (Fsp3) is 0.222. The number of nitrogens with zero attached hydrogens (tertiary/aromatic N) is 1. The number of amides is 1. The van der Waals surface area contributed by atoms with Crippen LogP contribution in [0.5, 0.6) is 0 Å². The lowest BCUT2D eigenvalue weighted by Crippen LogP contribution is -2.29. The lowest BCUT2D eigenvalue weighted by atomic mass is 10.00. The number of H-pyrrole nitrogens is 1. The first kappa shape index (κ1) is 23.7. The first-order valence-corrected chi connectivity index (χ1v) is 13.0. The largest absolute Gasteiger partial charge is 0.354 e. The van der Waals surface area contributed by atoms with Crippen LogP contribution in [0.15, 0.2) is 77.7 Å². The zero-order valence-corrected chi connectivity index (χ0v) is 20.2. The third-order valence-electron chi connectivity index (χ3n) is 6.28. The molecule has 0 fully saturated rings. The van der Waals surface area contributed by atoms with Crippen LogP contribution in [0.3, 0.4) is 0 Å². The van der Waals surface area contributed by atoms with E-state index in [1.165, 1.54) is 18.4 Å². The summed E-state index contributed by atoms with van der Waals surface area (Å²) in [5.41, 5.74) is 4.46. The zero-order valence-electron chi connectivity index (χ0n) is 19.4. The molecule has 4 rings (SSSR count). The molecule has 1 atom stereocenters. The molecule has 0 radical (unpaired) electrons. The molecule has 176 valence electrons. The number of aromatic nitrogens is 1. The third-order valence-corrected chi connectivity index (χ3v) is 7.41. The third kappa shape index (κ3) is 4.89. The molecule has 0 saturated heterocycles. The van der Waals surface area contributed by atoms with Gasteiger partial charge < -0.3 is 9.88 Å². The smallest absolute Gasteiger partial charge is 0.223 e. The van der Waals surface area contributed by atoms with Crippen LogP contribution < -0.4 is 0 Å². The first-order valence-electron chi connectivity index (χ1n) is 11.1. The van der Waals surface area contributed by atoms with E-state index < -0.39 is 9.84 Å². The number of aromatic amines is 1. The lowest BCUT2D eigenvalue weighted by Gasteiger charge is -2.25. The highest BCUT2D eigenvalue weighted by atomic mass is 32.2. The van der Waals surface area contributed by atoms with Crippen LogP contribution in [-0.4, -0.2) is 37.5 Å². The Labute approximate surface area is 199 Å². The summed E-state index contributed by atoms with van der Waals surface area (Å²) in [6, 6.07) is 20.8. The fourth-order valence-corrected chi connectivity index (χ4v) is 4.80. The molecule has 4 aromatic rings. The van der Waals surface area contributed by atoms with E-state index in [2.05, 4.69) is 4.98 Å². The van der Waals surface area contributed by atoms with Crippen molar-refractivity contribution in [1.82, 2.24) is 9.88 Å². The first-order chi connectivity index (χ1) is 16.1. The second-order valence-corrected chi connectivity index (χ2v) is 10.6. The van der Waals surface area contributed by atoms with Gasteiger partial charge in [0, 0.05) is 36.3 Å². The van der Waals surface area contributed by atoms with Crippen molar-refractivity contribution in [3.8, 4) is 11.3 Å². The predicted molar refractivity (Wildman–Crippen MR) is 133 cm³/mol. The standard InChI is InChI=1S/C27H27FN2O3S/c1-18(19-9-12-22(13-10-19)34(3,32)33)30(2)26(31)16-14-23-24-17-21(28)11-15-25(24)29-27(23)20-7-5-4-6-8-20/h4-13,15,17-18,29H,14,16H2,1-3H3. The van der Waals surface area contributed by atoms with Gasteiger partial charge in [-0.3, -0.25) is 4.79 Å². The molecule has 0 spiro atoms. The maximum absolute atomic E-state index is 14.0. The van der Waals surface area contributed by atoms with Crippen LogP contribution in [-0.2, 0) is 21.1 Å². The van der Waals surface area contributed by atoms with E-state index in [1.807, 2.05) is 37.3 Å². The van der Waals surface area contributed by atoms with Crippen molar-refractivity contribution < 1.29 is 17.6 Å². The van der Waals surface area contributed by atoms with Crippen LogP contribution >= 0.6 is 0 Å². The molecule has 0 aliphatic heterocycles. The number of rotatable bonds is 7. The van der Waals surface area contributed by atoms with Crippen molar-refractivity contribution in [3.05, 3.63) is 89.7 Å². The minimum atomic E-state index is -3.27. The minimum absolute atomic E-state index is 0.0514. The van der Waals surface area contributed by atoms with Gasteiger partial charge in [-0.1, -0.05) is 42.5 Å². The van der Waals surface area contributed by atoms with Gasteiger partial charge in [-0.05, 0) is 60.4 Å². The van der Waals surface area contributed by atoms with Crippen molar-refractivity contribution in [2.24, 2.45) is 0 Å². The van der Waals surface area contributed by atoms with E-state index in [0.29, 0.717) is 6.42 Å². The Balaban J connectivity index is 1.55. The number of carbonyl (C=O) groups is 1. The summed E-state index contributed by atoms with van der Waals surface area (Å²) >= 11 is 0. The molecule has 1 heterocycles. The SMILES string of the molecule is CC(c1ccc(S(C)(=O)=O)cc1)N(C)C(=O)CCc1c(-c2ccccc2)[nH]c2ccc(F)cc12. The van der Waals surface area contributed by atoms with Gasteiger partial charge in [0.05, 0.1) is 10.9 Å². The van der Waals surface area contributed by atoms with Crippen LogP contribution in [0, 0.1) is 5.82 Å². The number of halogens is 1. The molecule has 0 bridgehead atoms. The van der Waals surface area contributed by atoms with Gasteiger partial charge >= 0.3 is 0 Å². The Morgan fingerprint density at radius 1 is 1.03 bits per heavy atom. The number of nitrogens with one attached hydrogen (secondary N) is 1. The monoisotopic (exact) mass is 478 g/mol. The molecule has 7 heteroatoms. The van der Waals surface area contributed by atoms with Crippen LogP contribution in [0.25, 0.3) is 22.2 Å². The number of carbonyl (C=O) groups excluding carboxylic acids is 1.